The van der Waals surface area contributed by atoms with Crippen molar-refractivity contribution in [2.24, 2.45) is 0 Å². The molecule has 0 saturated carbocycles. The van der Waals surface area contributed by atoms with Crippen molar-refractivity contribution in [1.29, 1.82) is 0 Å². The number of rotatable bonds is 8. The summed E-state index contributed by atoms with van der Waals surface area (Å²) in [5.41, 5.74) is 2.56. The van der Waals surface area contributed by atoms with E-state index in [4.69, 9.17) is 26.4 Å². The average Bonchev–Trinajstić information content (AvgIpc) is 3.20. The van der Waals surface area contributed by atoms with Gasteiger partial charge in [-0.3, -0.25) is 9.69 Å². The van der Waals surface area contributed by atoms with Crippen LogP contribution in [0.4, 0.5) is 5.69 Å². The van der Waals surface area contributed by atoms with Crippen LogP contribution >= 0.6 is 46.6 Å². The number of methoxy groups -OCH3 is 1. The average molecular weight is 654 g/mol. The van der Waals surface area contributed by atoms with Crippen molar-refractivity contribution in [3.8, 4) is 17.2 Å². The molecule has 4 aromatic carbocycles. The van der Waals surface area contributed by atoms with E-state index in [0.29, 0.717) is 45.4 Å². The molecule has 38 heavy (non-hydrogen) atoms. The number of thiocarbonyl (C=S) groups is 1. The second-order valence-corrected chi connectivity index (χ2v) is 11.2. The van der Waals surface area contributed by atoms with Crippen LogP contribution in [0.15, 0.2) is 83.8 Å². The number of nitrogens with zero attached hydrogens (tertiary/aromatic N) is 1. The highest BCUT2D eigenvalue weighted by Crippen LogP contribution is 2.41. The zero-order valence-electron chi connectivity index (χ0n) is 20.8. The van der Waals surface area contributed by atoms with Crippen molar-refractivity contribution < 1.29 is 19.0 Å². The van der Waals surface area contributed by atoms with Gasteiger partial charge < -0.3 is 14.2 Å². The molecule has 5 rings (SSSR count). The molecule has 8 heteroatoms. The van der Waals surface area contributed by atoms with E-state index in [1.165, 1.54) is 22.0 Å². The first-order valence-electron chi connectivity index (χ1n) is 12.0. The Kier molecular flexibility index (Phi) is 8.21. The summed E-state index contributed by atoms with van der Waals surface area (Å²) in [6, 6.07) is 25.7. The number of hydrogen-bond donors (Lipinski definition) is 0. The molecular formula is C30H24INO4S2. The van der Waals surface area contributed by atoms with Crippen LogP contribution in [0.1, 0.15) is 18.1 Å². The van der Waals surface area contributed by atoms with E-state index in [0.717, 1.165) is 20.1 Å². The third-order valence-electron chi connectivity index (χ3n) is 6.00. The zero-order valence-corrected chi connectivity index (χ0v) is 24.6. The first-order valence-corrected chi connectivity index (χ1v) is 14.3. The lowest BCUT2D eigenvalue weighted by Crippen LogP contribution is -2.27. The third-order valence-corrected chi connectivity index (χ3v) is 8.10. The van der Waals surface area contributed by atoms with Crippen molar-refractivity contribution in [2.75, 3.05) is 18.6 Å². The molecule has 0 N–H and O–H groups in total. The van der Waals surface area contributed by atoms with Crippen molar-refractivity contribution in [3.63, 3.8) is 0 Å². The SMILES string of the molecule is CCOc1cc(C=C2SC(=S)N(c3ccccc3OC)C2=O)cc(I)c1OCc1cccc2ccccc12. The molecular weight excluding hydrogens is 629 g/mol. The second kappa shape index (κ2) is 11.8. The van der Waals surface area contributed by atoms with Gasteiger partial charge in [-0.15, -0.1) is 0 Å². The Bertz CT molecular complexity index is 1560. The minimum Gasteiger partial charge on any atom is -0.495 e. The number of carbonyl (C=O) groups is 1. The van der Waals surface area contributed by atoms with E-state index < -0.39 is 0 Å². The van der Waals surface area contributed by atoms with Gasteiger partial charge in [-0.2, -0.15) is 0 Å². The smallest absolute Gasteiger partial charge is 0.270 e. The summed E-state index contributed by atoms with van der Waals surface area (Å²) in [6.07, 6.45) is 1.84. The van der Waals surface area contributed by atoms with Crippen LogP contribution in [0, 0.1) is 3.57 Å². The molecule has 0 aromatic heterocycles. The number of halogens is 1. The number of fused-ring (bicyclic) bond motifs is 1. The van der Waals surface area contributed by atoms with Crippen molar-refractivity contribution in [1.82, 2.24) is 0 Å². The van der Waals surface area contributed by atoms with Gasteiger partial charge in [0.25, 0.3) is 5.91 Å². The van der Waals surface area contributed by atoms with Gasteiger partial charge in [-0.25, -0.2) is 0 Å². The van der Waals surface area contributed by atoms with E-state index >= 15 is 0 Å². The lowest BCUT2D eigenvalue weighted by molar-refractivity contribution is -0.113. The summed E-state index contributed by atoms with van der Waals surface area (Å²) in [6.45, 7) is 2.83. The number of thioether (sulfide) groups is 1. The summed E-state index contributed by atoms with van der Waals surface area (Å²) in [4.78, 5) is 15.4. The quantitative estimate of drug-likeness (QED) is 0.110. The van der Waals surface area contributed by atoms with Crippen LogP contribution in [-0.4, -0.2) is 23.9 Å². The van der Waals surface area contributed by atoms with Gasteiger partial charge in [-0.1, -0.05) is 78.6 Å². The van der Waals surface area contributed by atoms with E-state index in [1.807, 2.05) is 67.6 Å². The van der Waals surface area contributed by atoms with E-state index in [1.54, 1.807) is 7.11 Å². The lowest BCUT2D eigenvalue weighted by atomic mass is 10.1. The van der Waals surface area contributed by atoms with Gasteiger partial charge in [0, 0.05) is 0 Å². The van der Waals surface area contributed by atoms with Crippen LogP contribution in [0.25, 0.3) is 16.8 Å². The maximum atomic E-state index is 13.4. The largest absolute Gasteiger partial charge is 0.495 e. The molecule has 0 unspecified atom stereocenters. The minimum absolute atomic E-state index is 0.186. The van der Waals surface area contributed by atoms with Gasteiger partial charge in [0.2, 0.25) is 0 Å². The Morgan fingerprint density at radius 1 is 0.974 bits per heavy atom. The van der Waals surface area contributed by atoms with E-state index in [9.17, 15) is 4.79 Å². The predicted octanol–water partition coefficient (Wildman–Crippen LogP) is 7.84. The fourth-order valence-electron chi connectivity index (χ4n) is 4.28. The molecule has 1 fully saturated rings. The fraction of sp³-hybridized carbons (Fsp3) is 0.133. The van der Waals surface area contributed by atoms with Crippen molar-refractivity contribution in [2.45, 2.75) is 13.5 Å². The normalized spacial score (nSPS) is 14.4. The first-order chi connectivity index (χ1) is 18.5. The number of amides is 1. The Labute approximate surface area is 244 Å². The molecule has 1 aliphatic heterocycles. The monoisotopic (exact) mass is 653 g/mol. The predicted molar refractivity (Wildman–Crippen MR) is 167 cm³/mol. The molecule has 192 valence electrons. The highest BCUT2D eigenvalue weighted by atomic mass is 127. The van der Waals surface area contributed by atoms with E-state index in [-0.39, 0.29) is 5.91 Å². The van der Waals surface area contributed by atoms with Crippen LogP contribution in [0.5, 0.6) is 17.2 Å². The molecule has 5 nitrogen and oxygen atoms in total. The summed E-state index contributed by atoms with van der Waals surface area (Å²) < 4.78 is 19.1. The molecule has 1 aliphatic rings. The molecule has 1 heterocycles. The molecule has 4 aromatic rings. The molecule has 1 amide bonds. The summed E-state index contributed by atoms with van der Waals surface area (Å²) in [5, 5.41) is 2.34. The van der Waals surface area contributed by atoms with Crippen LogP contribution in [-0.2, 0) is 11.4 Å². The highest BCUT2D eigenvalue weighted by Gasteiger charge is 2.35. The molecule has 0 aliphatic carbocycles. The van der Waals surface area contributed by atoms with Gasteiger partial charge in [0.1, 0.15) is 12.4 Å². The Hall–Kier alpha value is -3.08. The fourth-order valence-corrected chi connectivity index (χ4v) is 6.35. The number of benzene rings is 4. The Balaban J connectivity index is 1.43. The van der Waals surface area contributed by atoms with E-state index in [2.05, 4.69) is 46.9 Å². The number of carbonyl (C=O) groups excluding carboxylic acids is 1. The summed E-state index contributed by atoms with van der Waals surface area (Å²) in [5.74, 6) is 1.71. The molecule has 1 saturated heterocycles. The number of ether oxygens (including phenoxy) is 3. The number of para-hydroxylation sites is 2. The Morgan fingerprint density at radius 2 is 1.74 bits per heavy atom. The number of hydrogen-bond acceptors (Lipinski definition) is 6. The van der Waals surface area contributed by atoms with Crippen LogP contribution < -0.4 is 19.1 Å². The zero-order chi connectivity index (χ0) is 26.6. The van der Waals surface area contributed by atoms with Crippen molar-refractivity contribution >= 4 is 79.3 Å². The molecule has 0 spiro atoms. The third kappa shape index (κ3) is 5.39. The van der Waals surface area contributed by atoms with Gasteiger partial charge in [0.05, 0.1) is 27.9 Å². The van der Waals surface area contributed by atoms with Crippen molar-refractivity contribution in [3.05, 3.63) is 98.5 Å². The standard InChI is InChI=1S/C30H24INO4S2/c1-3-35-26-16-19(17-27-29(33)32(30(37)38-27)24-13-6-7-14-25(24)34-2)15-23(31)28(26)36-18-21-11-8-10-20-9-4-5-12-22(20)21/h4-17H,3,18H2,1-2H3. The number of anilines is 1. The summed E-state index contributed by atoms with van der Waals surface area (Å²) >= 11 is 9.07. The maximum Gasteiger partial charge on any atom is 0.270 e. The lowest BCUT2D eigenvalue weighted by Gasteiger charge is -2.17. The molecule has 0 atom stereocenters. The van der Waals surface area contributed by atoms with Gasteiger partial charge in [0.15, 0.2) is 15.8 Å². The topological polar surface area (TPSA) is 48.0 Å². The van der Waals surface area contributed by atoms with Gasteiger partial charge >= 0.3 is 0 Å². The highest BCUT2D eigenvalue weighted by molar-refractivity contribution is 14.1. The summed E-state index contributed by atoms with van der Waals surface area (Å²) in [7, 11) is 1.58. The minimum atomic E-state index is -0.186. The van der Waals surface area contributed by atoms with Gasteiger partial charge in [-0.05, 0) is 81.8 Å². The molecule has 0 radical (unpaired) electrons. The maximum absolute atomic E-state index is 13.4. The van der Waals surface area contributed by atoms with Crippen LogP contribution in [0.3, 0.4) is 0 Å². The Morgan fingerprint density at radius 3 is 2.55 bits per heavy atom. The second-order valence-electron chi connectivity index (χ2n) is 8.38. The van der Waals surface area contributed by atoms with Crippen LogP contribution in [0.2, 0.25) is 0 Å². The molecule has 0 bridgehead atoms. The first kappa shape index (κ1) is 26.5.